The molecule has 1 aliphatic rings. The summed E-state index contributed by atoms with van der Waals surface area (Å²) in [5, 5.41) is 7.51. The number of likely N-dealkylation sites (tertiary alicyclic amines) is 1. The molecule has 0 aromatic carbocycles. The van der Waals surface area contributed by atoms with Gasteiger partial charge in [0.1, 0.15) is 16.7 Å². The van der Waals surface area contributed by atoms with E-state index in [2.05, 4.69) is 25.1 Å². The molecule has 0 bridgehead atoms. The van der Waals surface area contributed by atoms with E-state index in [1.807, 2.05) is 30.3 Å². The topological polar surface area (TPSA) is 116 Å². The number of H-pyrrole nitrogens is 2. The number of nitrogens with zero attached hydrogens (tertiary/aromatic N) is 6. The van der Waals surface area contributed by atoms with Gasteiger partial charge < -0.3 is 4.98 Å². The van der Waals surface area contributed by atoms with E-state index in [0.29, 0.717) is 51.9 Å². The maximum Gasteiger partial charge on any atom is 0.261 e. The first-order valence-corrected chi connectivity index (χ1v) is 13.5. The Kier molecular flexibility index (Phi) is 5.75. The highest BCUT2D eigenvalue weighted by molar-refractivity contribution is 7.17. The van der Waals surface area contributed by atoms with Gasteiger partial charge in [0.2, 0.25) is 0 Å². The number of rotatable bonds is 6. The first-order valence-electron chi connectivity index (χ1n) is 12.7. The van der Waals surface area contributed by atoms with Gasteiger partial charge in [-0.05, 0) is 48.9 Å². The zero-order valence-electron chi connectivity index (χ0n) is 21.3. The van der Waals surface area contributed by atoms with Crippen molar-refractivity contribution in [3.05, 3.63) is 65.4 Å². The minimum atomic E-state index is -2.63. The summed E-state index contributed by atoms with van der Waals surface area (Å²) in [6, 6.07) is 11.2. The van der Waals surface area contributed by atoms with Crippen molar-refractivity contribution < 1.29 is 13.6 Å². The van der Waals surface area contributed by atoms with E-state index in [1.165, 1.54) is 11.3 Å². The van der Waals surface area contributed by atoms with Gasteiger partial charge in [0.15, 0.2) is 17.3 Å². The van der Waals surface area contributed by atoms with E-state index in [4.69, 9.17) is 9.97 Å². The smallest absolute Gasteiger partial charge is 0.261 e. The molecule has 1 aliphatic heterocycles. The molecule has 9 nitrogen and oxygen atoms in total. The fourth-order valence-electron chi connectivity index (χ4n) is 5.02. The van der Waals surface area contributed by atoms with E-state index in [-0.39, 0.29) is 18.7 Å². The van der Waals surface area contributed by atoms with Crippen LogP contribution in [0.5, 0.6) is 0 Å². The van der Waals surface area contributed by atoms with Crippen LogP contribution in [0.15, 0.2) is 55.0 Å². The molecular weight excluding hydrogens is 534 g/mol. The van der Waals surface area contributed by atoms with Crippen LogP contribution in [0.2, 0.25) is 0 Å². The summed E-state index contributed by atoms with van der Waals surface area (Å²) in [5.74, 6) is -2.09. The molecule has 7 heterocycles. The van der Waals surface area contributed by atoms with Crippen LogP contribution in [-0.4, -0.2) is 64.8 Å². The highest BCUT2D eigenvalue weighted by atomic mass is 32.1. The predicted molar refractivity (Wildman–Crippen MR) is 148 cm³/mol. The van der Waals surface area contributed by atoms with Crippen molar-refractivity contribution in [3.63, 3.8) is 0 Å². The van der Waals surface area contributed by atoms with Crippen molar-refractivity contribution in [1.82, 2.24) is 40.0 Å². The molecule has 0 atom stereocenters. The zero-order valence-corrected chi connectivity index (χ0v) is 22.1. The van der Waals surface area contributed by atoms with Crippen LogP contribution < -0.4 is 0 Å². The second-order valence-electron chi connectivity index (χ2n) is 9.92. The molecule has 200 valence electrons. The molecular formula is C28H22F2N8OS. The number of fused-ring (bicyclic) bond motifs is 2. The lowest BCUT2D eigenvalue weighted by Gasteiger charge is -2.15. The van der Waals surface area contributed by atoms with Crippen molar-refractivity contribution in [3.8, 4) is 33.3 Å². The number of carbonyl (C=O) groups is 1. The van der Waals surface area contributed by atoms with Crippen LogP contribution in [-0.2, 0) is 6.54 Å². The van der Waals surface area contributed by atoms with Crippen LogP contribution >= 0.6 is 11.3 Å². The Morgan fingerprint density at radius 3 is 2.75 bits per heavy atom. The first-order chi connectivity index (χ1) is 19.3. The summed E-state index contributed by atoms with van der Waals surface area (Å²) in [6.45, 7) is 2.07. The molecule has 12 heteroatoms. The highest BCUT2D eigenvalue weighted by Gasteiger charge is 2.37. The fourth-order valence-corrected chi connectivity index (χ4v) is 5.92. The second kappa shape index (κ2) is 9.35. The third kappa shape index (κ3) is 4.44. The van der Waals surface area contributed by atoms with Crippen molar-refractivity contribution in [2.24, 2.45) is 0 Å². The van der Waals surface area contributed by atoms with E-state index < -0.39 is 5.92 Å². The Hall–Kier alpha value is -4.42. The largest absolute Gasteiger partial charge is 0.336 e. The summed E-state index contributed by atoms with van der Waals surface area (Å²) in [6.07, 6.45) is 5.00. The van der Waals surface area contributed by atoms with E-state index in [9.17, 15) is 13.6 Å². The molecule has 2 N–H and O–H groups in total. The van der Waals surface area contributed by atoms with Gasteiger partial charge in [-0.2, -0.15) is 5.10 Å². The Bertz CT molecular complexity index is 1910. The number of hydrogen-bond acceptors (Lipinski definition) is 8. The van der Waals surface area contributed by atoms with Crippen LogP contribution in [0.25, 0.3) is 55.4 Å². The monoisotopic (exact) mass is 556 g/mol. The number of imidazole rings is 1. The third-order valence-electron chi connectivity index (χ3n) is 6.96. The van der Waals surface area contributed by atoms with Gasteiger partial charge in [0, 0.05) is 43.7 Å². The molecule has 0 unspecified atom stereocenters. The molecule has 7 rings (SSSR count). The fraction of sp³-hybridized carbons (Fsp3) is 0.214. The summed E-state index contributed by atoms with van der Waals surface area (Å²) < 4.78 is 27.3. The number of aromatic amines is 2. The molecule has 0 radical (unpaired) electrons. The number of hydrogen-bond donors (Lipinski definition) is 2. The van der Waals surface area contributed by atoms with Gasteiger partial charge >= 0.3 is 0 Å². The summed E-state index contributed by atoms with van der Waals surface area (Å²) in [5.41, 5.74) is 6.39. The summed E-state index contributed by atoms with van der Waals surface area (Å²) in [4.78, 5) is 37.0. The Labute approximate surface area is 230 Å². The van der Waals surface area contributed by atoms with Crippen molar-refractivity contribution in [2.45, 2.75) is 25.8 Å². The Morgan fingerprint density at radius 2 is 1.95 bits per heavy atom. The van der Waals surface area contributed by atoms with Gasteiger partial charge in [-0.15, -0.1) is 11.3 Å². The number of aromatic nitrogens is 7. The molecule has 1 saturated heterocycles. The van der Waals surface area contributed by atoms with Crippen LogP contribution in [0.4, 0.5) is 8.78 Å². The van der Waals surface area contributed by atoms with Gasteiger partial charge in [-0.3, -0.25) is 24.8 Å². The molecule has 1 fully saturated rings. The summed E-state index contributed by atoms with van der Waals surface area (Å²) >= 11 is 1.38. The standard InChI is InChI=1S/C28H22F2N8OS/c1-15(39)21-4-5-22(40-21)25-23-19(6-8-32-25)34-27(35-23)26-24-20(36-37-26)3-2-18(33-24)17-10-16(11-31-12-17)13-38-9-7-28(29,30)14-38/h2-6,8,10-12H,7,9,13-14H2,1H3,(H,34,35)(H,36,37). The Morgan fingerprint density at radius 1 is 1.07 bits per heavy atom. The van der Waals surface area contributed by atoms with Gasteiger partial charge in [0.05, 0.1) is 33.0 Å². The molecule has 40 heavy (non-hydrogen) atoms. The number of halogens is 2. The number of carbonyl (C=O) groups excluding carboxylic acids is 1. The number of ketones is 1. The maximum atomic E-state index is 13.6. The van der Waals surface area contributed by atoms with E-state index in [0.717, 1.165) is 27.0 Å². The number of Topliss-reactive ketones (excluding diaryl/α,β-unsaturated/α-hetero) is 1. The van der Waals surface area contributed by atoms with Gasteiger partial charge in [-0.25, -0.2) is 18.7 Å². The molecule has 0 amide bonds. The first kappa shape index (κ1) is 24.6. The molecule has 6 aromatic rings. The predicted octanol–water partition coefficient (Wildman–Crippen LogP) is 5.73. The van der Waals surface area contributed by atoms with Gasteiger partial charge in [0.25, 0.3) is 5.92 Å². The maximum absolute atomic E-state index is 13.6. The number of pyridine rings is 3. The summed E-state index contributed by atoms with van der Waals surface area (Å²) in [7, 11) is 0. The zero-order chi connectivity index (χ0) is 27.4. The highest BCUT2D eigenvalue weighted by Crippen LogP contribution is 2.34. The normalized spacial score (nSPS) is 15.4. The number of nitrogens with one attached hydrogen (secondary N) is 2. The average Bonchev–Trinajstić information content (AvgIpc) is 3.73. The Balaban J connectivity index is 1.24. The second-order valence-corrected chi connectivity index (χ2v) is 11.0. The van der Waals surface area contributed by atoms with Crippen molar-refractivity contribution in [1.29, 1.82) is 0 Å². The molecule has 0 aliphatic carbocycles. The average molecular weight is 557 g/mol. The third-order valence-corrected chi connectivity index (χ3v) is 8.16. The van der Waals surface area contributed by atoms with Crippen molar-refractivity contribution >= 4 is 39.2 Å². The molecule has 0 saturated carbocycles. The van der Waals surface area contributed by atoms with E-state index >= 15 is 0 Å². The number of alkyl halides is 2. The SMILES string of the molecule is CC(=O)c1ccc(-c2nccc3[nH]c(-c4n[nH]c5ccc(-c6cncc(CN7CCC(F)(F)C7)c6)nc45)nc23)s1. The van der Waals surface area contributed by atoms with Crippen LogP contribution in [0.3, 0.4) is 0 Å². The van der Waals surface area contributed by atoms with Crippen LogP contribution in [0.1, 0.15) is 28.6 Å². The molecule has 0 spiro atoms. The van der Waals surface area contributed by atoms with Gasteiger partial charge in [-0.1, -0.05) is 0 Å². The lowest BCUT2D eigenvalue weighted by atomic mass is 10.1. The minimum Gasteiger partial charge on any atom is -0.336 e. The lowest BCUT2D eigenvalue weighted by Crippen LogP contribution is -2.24. The molecule has 6 aromatic heterocycles. The van der Waals surface area contributed by atoms with Crippen molar-refractivity contribution in [2.75, 3.05) is 13.1 Å². The number of thiophene rings is 1. The lowest BCUT2D eigenvalue weighted by molar-refractivity contribution is 0.0115. The minimum absolute atomic E-state index is 0.00865. The van der Waals surface area contributed by atoms with Crippen LogP contribution in [0, 0.1) is 0 Å². The van der Waals surface area contributed by atoms with E-state index in [1.54, 1.807) is 36.5 Å². The quantitative estimate of drug-likeness (QED) is 0.252.